The summed E-state index contributed by atoms with van der Waals surface area (Å²) in [7, 11) is -3.41. The second kappa shape index (κ2) is 8.67. The summed E-state index contributed by atoms with van der Waals surface area (Å²) < 4.78 is 25.4. The van der Waals surface area contributed by atoms with Gasteiger partial charge in [0, 0.05) is 6.54 Å². The topological polar surface area (TPSA) is 66.5 Å². The molecule has 5 nitrogen and oxygen atoms in total. The summed E-state index contributed by atoms with van der Waals surface area (Å²) in [6.07, 6.45) is 2.35. The highest BCUT2D eigenvalue weighted by Gasteiger charge is 2.17. The summed E-state index contributed by atoms with van der Waals surface area (Å²) in [5.74, 6) is -0.124. The third-order valence-corrected chi connectivity index (χ3v) is 5.07. The Morgan fingerprint density at radius 2 is 1.64 bits per heavy atom. The number of hydrogen-bond donors (Lipinski definition) is 1. The molecule has 2 aromatic rings. The van der Waals surface area contributed by atoms with Gasteiger partial charge in [-0.2, -0.15) is 0 Å². The zero-order valence-electron chi connectivity index (χ0n) is 14.6. The van der Waals surface area contributed by atoms with Crippen LogP contribution in [0.3, 0.4) is 0 Å². The van der Waals surface area contributed by atoms with Crippen LogP contribution >= 0.6 is 0 Å². The van der Waals surface area contributed by atoms with E-state index in [9.17, 15) is 13.2 Å². The van der Waals surface area contributed by atoms with Gasteiger partial charge in [0.05, 0.1) is 24.9 Å². The molecule has 0 saturated carbocycles. The Kier molecular flexibility index (Phi) is 6.58. The van der Waals surface area contributed by atoms with Gasteiger partial charge >= 0.3 is 0 Å². The lowest BCUT2D eigenvalue weighted by Gasteiger charge is -2.22. The number of carbonyl (C=O) groups excluding carboxylic acids is 1. The van der Waals surface area contributed by atoms with Crippen molar-refractivity contribution >= 4 is 21.6 Å². The molecule has 1 N–H and O–H groups in total. The van der Waals surface area contributed by atoms with Gasteiger partial charge in [-0.1, -0.05) is 49.4 Å². The first-order valence-corrected chi connectivity index (χ1v) is 10.1. The Labute approximate surface area is 149 Å². The normalized spacial score (nSPS) is 11.1. The van der Waals surface area contributed by atoms with E-state index >= 15 is 0 Å². The number of rotatable bonds is 8. The Morgan fingerprint density at radius 1 is 1.00 bits per heavy atom. The predicted molar refractivity (Wildman–Crippen MR) is 101 cm³/mol. The molecule has 134 valence electrons. The van der Waals surface area contributed by atoms with Crippen molar-refractivity contribution in [3.63, 3.8) is 0 Å². The summed E-state index contributed by atoms with van der Waals surface area (Å²) in [4.78, 5) is 12.0. The number of hydrogen-bond acceptors (Lipinski definition) is 3. The number of amides is 1. The number of aryl methyl sites for hydroxylation is 1. The van der Waals surface area contributed by atoms with Crippen molar-refractivity contribution in [3.8, 4) is 0 Å². The molecule has 0 spiro atoms. The summed E-state index contributed by atoms with van der Waals surface area (Å²) in [5.41, 5.74) is 2.68. The van der Waals surface area contributed by atoms with Crippen molar-refractivity contribution in [2.45, 2.75) is 19.8 Å². The number of anilines is 1. The van der Waals surface area contributed by atoms with Gasteiger partial charge in [-0.25, -0.2) is 8.42 Å². The maximum atomic E-state index is 12.1. The van der Waals surface area contributed by atoms with Crippen LogP contribution in [-0.2, 0) is 27.7 Å². The van der Waals surface area contributed by atoms with Gasteiger partial charge in [-0.15, -0.1) is 0 Å². The molecule has 6 heteroatoms. The molecule has 0 aliphatic carbocycles. The van der Waals surface area contributed by atoms with Crippen molar-refractivity contribution in [2.75, 3.05) is 23.7 Å². The second-order valence-corrected chi connectivity index (χ2v) is 7.77. The highest BCUT2D eigenvalue weighted by atomic mass is 32.2. The molecule has 2 rings (SSSR count). The Bertz CT molecular complexity index is 787. The highest BCUT2D eigenvalue weighted by Crippen LogP contribution is 2.18. The molecular weight excluding hydrogens is 336 g/mol. The molecule has 0 aliphatic rings. The zero-order valence-corrected chi connectivity index (χ0v) is 15.4. The lowest BCUT2D eigenvalue weighted by Crippen LogP contribution is -2.38. The minimum absolute atomic E-state index is 0.124. The smallest absolute Gasteiger partial charge is 0.232 e. The summed E-state index contributed by atoms with van der Waals surface area (Å²) >= 11 is 0. The minimum Gasteiger partial charge on any atom is -0.354 e. The molecular formula is C19H24N2O3S. The first-order valence-electron chi connectivity index (χ1n) is 8.27. The molecule has 0 bridgehead atoms. The first kappa shape index (κ1) is 19.0. The number of benzene rings is 2. The third kappa shape index (κ3) is 5.90. The predicted octanol–water partition coefficient (Wildman–Crippen LogP) is 2.37. The van der Waals surface area contributed by atoms with Crippen LogP contribution in [0.4, 0.5) is 5.69 Å². The quantitative estimate of drug-likeness (QED) is 0.786. The maximum absolute atomic E-state index is 12.1. The number of nitrogens with one attached hydrogen (secondary N) is 1. The van der Waals surface area contributed by atoms with Crippen LogP contribution in [0.1, 0.15) is 18.1 Å². The molecule has 25 heavy (non-hydrogen) atoms. The number of nitrogens with zero attached hydrogens (tertiary/aromatic N) is 1. The van der Waals surface area contributed by atoms with E-state index in [2.05, 4.69) is 5.32 Å². The molecule has 0 heterocycles. The lowest BCUT2D eigenvalue weighted by molar-refractivity contribution is -0.120. The van der Waals surface area contributed by atoms with Crippen molar-refractivity contribution < 1.29 is 13.2 Å². The van der Waals surface area contributed by atoms with E-state index in [4.69, 9.17) is 0 Å². The second-order valence-electron chi connectivity index (χ2n) is 5.87. The fourth-order valence-corrected chi connectivity index (χ4v) is 3.45. The fraction of sp³-hybridized carbons (Fsp3) is 0.316. The fourth-order valence-electron chi connectivity index (χ4n) is 2.52. The van der Waals surface area contributed by atoms with Crippen LogP contribution in [-0.4, -0.2) is 33.7 Å². The van der Waals surface area contributed by atoms with Gasteiger partial charge in [-0.05, 0) is 29.7 Å². The van der Waals surface area contributed by atoms with E-state index in [-0.39, 0.29) is 25.4 Å². The Balaban J connectivity index is 1.95. The van der Waals surface area contributed by atoms with E-state index in [1.165, 1.54) is 10.6 Å². The van der Waals surface area contributed by atoms with Crippen LogP contribution < -0.4 is 9.62 Å². The zero-order chi connectivity index (χ0) is 18.3. The molecule has 0 saturated heterocycles. The van der Waals surface area contributed by atoms with Crippen LogP contribution in [0.15, 0.2) is 54.6 Å². The van der Waals surface area contributed by atoms with E-state index in [0.717, 1.165) is 17.5 Å². The van der Waals surface area contributed by atoms with Gasteiger partial charge in [-0.3, -0.25) is 9.10 Å². The molecule has 0 fully saturated rings. The van der Waals surface area contributed by atoms with Gasteiger partial charge < -0.3 is 5.32 Å². The Morgan fingerprint density at radius 3 is 2.20 bits per heavy atom. The minimum atomic E-state index is -3.41. The molecule has 0 aliphatic heterocycles. The monoisotopic (exact) mass is 360 g/mol. The van der Waals surface area contributed by atoms with E-state index in [1.807, 2.05) is 49.4 Å². The summed E-state index contributed by atoms with van der Waals surface area (Å²) in [6.45, 7) is 2.50. The van der Waals surface area contributed by atoms with Crippen molar-refractivity contribution in [1.82, 2.24) is 5.32 Å². The van der Waals surface area contributed by atoms with Crippen molar-refractivity contribution in [2.24, 2.45) is 0 Å². The molecule has 0 aromatic heterocycles. The molecule has 2 aromatic carbocycles. The molecule has 1 amide bonds. The SMILES string of the molecule is CCc1ccc(N(CCNC(=O)Cc2ccccc2)S(C)(=O)=O)cc1. The number of carbonyl (C=O) groups is 1. The van der Waals surface area contributed by atoms with Crippen molar-refractivity contribution in [1.29, 1.82) is 0 Å². The Hall–Kier alpha value is -2.34. The van der Waals surface area contributed by atoms with Gasteiger partial charge in [0.25, 0.3) is 0 Å². The first-order chi connectivity index (χ1) is 11.9. The maximum Gasteiger partial charge on any atom is 0.232 e. The van der Waals surface area contributed by atoms with E-state index in [0.29, 0.717) is 5.69 Å². The van der Waals surface area contributed by atoms with Crippen LogP contribution in [0.25, 0.3) is 0 Å². The summed E-state index contributed by atoms with van der Waals surface area (Å²) in [6, 6.07) is 16.9. The van der Waals surface area contributed by atoms with Crippen LogP contribution in [0.2, 0.25) is 0 Å². The largest absolute Gasteiger partial charge is 0.354 e. The highest BCUT2D eigenvalue weighted by molar-refractivity contribution is 7.92. The lowest BCUT2D eigenvalue weighted by atomic mass is 10.1. The average molecular weight is 360 g/mol. The standard InChI is InChI=1S/C19H24N2O3S/c1-3-16-9-11-18(12-10-16)21(25(2,23)24)14-13-20-19(22)15-17-7-5-4-6-8-17/h4-12H,3,13-15H2,1-2H3,(H,20,22). The number of sulfonamides is 1. The van der Waals surface area contributed by atoms with Crippen molar-refractivity contribution in [3.05, 3.63) is 65.7 Å². The van der Waals surface area contributed by atoms with Gasteiger partial charge in [0.2, 0.25) is 15.9 Å². The molecule has 0 unspecified atom stereocenters. The van der Waals surface area contributed by atoms with E-state index in [1.54, 1.807) is 12.1 Å². The third-order valence-electron chi connectivity index (χ3n) is 3.88. The molecule has 0 radical (unpaired) electrons. The van der Waals surface area contributed by atoms with Crippen LogP contribution in [0, 0.1) is 0 Å². The molecule has 0 atom stereocenters. The van der Waals surface area contributed by atoms with Crippen LogP contribution in [0.5, 0.6) is 0 Å². The van der Waals surface area contributed by atoms with E-state index < -0.39 is 10.0 Å². The van der Waals surface area contributed by atoms with Gasteiger partial charge in [0.1, 0.15) is 0 Å². The van der Waals surface area contributed by atoms with Gasteiger partial charge in [0.15, 0.2) is 0 Å². The average Bonchev–Trinajstić information content (AvgIpc) is 2.59. The summed E-state index contributed by atoms with van der Waals surface area (Å²) in [5, 5.41) is 2.78.